The summed E-state index contributed by atoms with van der Waals surface area (Å²) in [5, 5.41) is 8.76. The van der Waals surface area contributed by atoms with Gasteiger partial charge in [0, 0.05) is 13.1 Å². The number of carboxylic acids is 1. The lowest BCUT2D eigenvalue weighted by atomic mass is 10.1. The van der Waals surface area contributed by atoms with E-state index in [0.29, 0.717) is 12.5 Å². The minimum absolute atomic E-state index is 0.0622. The molecule has 1 aromatic rings. The molecule has 4 nitrogen and oxygen atoms in total. The van der Waals surface area contributed by atoms with Gasteiger partial charge in [0.1, 0.15) is 5.82 Å². The van der Waals surface area contributed by atoms with Crippen LogP contribution < -0.4 is 0 Å². The number of hydrogen-bond donors (Lipinski definition) is 1. The molecule has 0 spiro atoms. The van der Waals surface area contributed by atoms with Gasteiger partial charge >= 0.3 is 5.97 Å². The van der Waals surface area contributed by atoms with Crippen LogP contribution in [-0.2, 0) is 16.0 Å². The number of amides is 1. The molecule has 0 heterocycles. The Hall–Kier alpha value is -1.91. The summed E-state index contributed by atoms with van der Waals surface area (Å²) in [5.41, 5.74) is 0.728. The molecule has 0 fully saturated rings. The van der Waals surface area contributed by atoms with Crippen molar-refractivity contribution in [3.05, 3.63) is 35.6 Å². The van der Waals surface area contributed by atoms with Crippen LogP contribution >= 0.6 is 0 Å². The van der Waals surface area contributed by atoms with Gasteiger partial charge in [-0.3, -0.25) is 9.59 Å². The van der Waals surface area contributed by atoms with Gasteiger partial charge in [-0.1, -0.05) is 26.0 Å². The van der Waals surface area contributed by atoms with E-state index in [1.54, 1.807) is 17.0 Å². The molecule has 1 aromatic carbocycles. The summed E-state index contributed by atoms with van der Waals surface area (Å²) in [4.78, 5) is 24.5. The molecule has 0 unspecified atom stereocenters. The van der Waals surface area contributed by atoms with Crippen molar-refractivity contribution < 1.29 is 19.1 Å². The molecule has 0 radical (unpaired) electrons. The number of halogens is 1. The molecule has 0 aliphatic carbocycles. The lowest BCUT2D eigenvalue weighted by Gasteiger charge is -2.23. The molecule has 21 heavy (non-hydrogen) atoms. The summed E-state index contributed by atoms with van der Waals surface area (Å²) >= 11 is 0. The first-order valence-electron chi connectivity index (χ1n) is 7.12. The zero-order chi connectivity index (χ0) is 15.8. The second-order valence-corrected chi connectivity index (χ2v) is 5.51. The minimum atomic E-state index is -0.917. The predicted octanol–water partition coefficient (Wildman–Crippen LogP) is 2.72. The Labute approximate surface area is 124 Å². The largest absolute Gasteiger partial charge is 0.481 e. The van der Waals surface area contributed by atoms with E-state index in [9.17, 15) is 14.0 Å². The summed E-state index contributed by atoms with van der Waals surface area (Å²) in [5.74, 6) is -0.938. The Balaban J connectivity index is 2.64. The Kier molecular flexibility index (Phi) is 6.85. The highest BCUT2D eigenvalue weighted by Crippen LogP contribution is 2.08. The highest BCUT2D eigenvalue weighted by Gasteiger charge is 2.15. The zero-order valence-electron chi connectivity index (χ0n) is 12.5. The molecular weight excluding hydrogens is 273 g/mol. The molecule has 116 valence electrons. The van der Waals surface area contributed by atoms with E-state index in [0.717, 1.165) is 12.0 Å². The van der Waals surface area contributed by atoms with Crippen molar-refractivity contribution in [1.82, 2.24) is 4.90 Å². The molecular formula is C16H22FNO3. The van der Waals surface area contributed by atoms with Gasteiger partial charge in [-0.05, 0) is 30.0 Å². The first-order chi connectivity index (χ1) is 9.88. The van der Waals surface area contributed by atoms with Crippen LogP contribution in [0.1, 0.15) is 32.3 Å². The number of benzene rings is 1. The second-order valence-electron chi connectivity index (χ2n) is 5.51. The Morgan fingerprint density at radius 1 is 1.19 bits per heavy atom. The van der Waals surface area contributed by atoms with Crippen LogP contribution in [0.3, 0.4) is 0 Å². The molecule has 0 saturated carbocycles. The van der Waals surface area contributed by atoms with Crippen LogP contribution in [0.15, 0.2) is 24.3 Å². The molecule has 5 heteroatoms. The highest BCUT2D eigenvalue weighted by molar-refractivity contribution is 5.79. The second kappa shape index (κ2) is 8.39. The lowest BCUT2D eigenvalue weighted by Crippen LogP contribution is -2.35. The van der Waals surface area contributed by atoms with Crippen molar-refractivity contribution in [2.24, 2.45) is 5.92 Å². The van der Waals surface area contributed by atoms with Crippen molar-refractivity contribution in [2.75, 3.05) is 13.1 Å². The van der Waals surface area contributed by atoms with Crippen LogP contribution in [0.4, 0.5) is 4.39 Å². The van der Waals surface area contributed by atoms with E-state index < -0.39 is 5.97 Å². The number of hydrogen-bond acceptors (Lipinski definition) is 2. The standard InChI is InChI=1S/C16H22FNO3/c1-12(2)7-9-18(10-8-16(20)21)15(19)11-13-3-5-14(17)6-4-13/h3-6,12H,7-11H2,1-2H3,(H,20,21). The lowest BCUT2D eigenvalue weighted by molar-refractivity contribution is -0.138. The fourth-order valence-electron chi connectivity index (χ4n) is 1.89. The van der Waals surface area contributed by atoms with E-state index in [2.05, 4.69) is 13.8 Å². The van der Waals surface area contributed by atoms with E-state index in [1.807, 2.05) is 0 Å². The Morgan fingerprint density at radius 3 is 2.33 bits per heavy atom. The van der Waals surface area contributed by atoms with Gasteiger partial charge < -0.3 is 10.0 Å². The van der Waals surface area contributed by atoms with Crippen LogP contribution in [-0.4, -0.2) is 35.0 Å². The number of nitrogens with zero attached hydrogens (tertiary/aromatic N) is 1. The molecule has 0 aromatic heterocycles. The van der Waals surface area contributed by atoms with Crippen LogP contribution in [0.2, 0.25) is 0 Å². The maximum atomic E-state index is 12.8. The number of carbonyl (C=O) groups excluding carboxylic acids is 1. The van der Waals surface area contributed by atoms with Crippen molar-refractivity contribution >= 4 is 11.9 Å². The topological polar surface area (TPSA) is 57.6 Å². The maximum Gasteiger partial charge on any atom is 0.305 e. The van der Waals surface area contributed by atoms with Gasteiger partial charge in [0.15, 0.2) is 0 Å². The molecule has 0 bridgehead atoms. The maximum absolute atomic E-state index is 12.8. The SMILES string of the molecule is CC(C)CCN(CCC(=O)O)C(=O)Cc1ccc(F)cc1. The van der Waals surface area contributed by atoms with Gasteiger partial charge in [0.25, 0.3) is 0 Å². The quantitative estimate of drug-likeness (QED) is 0.802. The number of carbonyl (C=O) groups is 2. The smallest absolute Gasteiger partial charge is 0.305 e. The molecule has 0 saturated heterocycles. The molecule has 0 aliphatic rings. The summed E-state index contributed by atoms with van der Waals surface area (Å²) in [7, 11) is 0. The van der Waals surface area contributed by atoms with E-state index in [-0.39, 0.29) is 31.1 Å². The first-order valence-corrected chi connectivity index (χ1v) is 7.12. The fourth-order valence-corrected chi connectivity index (χ4v) is 1.89. The third-order valence-electron chi connectivity index (χ3n) is 3.19. The van der Waals surface area contributed by atoms with E-state index >= 15 is 0 Å². The summed E-state index contributed by atoms with van der Waals surface area (Å²) in [6.45, 7) is 4.87. The fraction of sp³-hybridized carbons (Fsp3) is 0.500. The number of carboxylic acid groups (broad SMARTS) is 1. The van der Waals surface area contributed by atoms with Crippen LogP contribution in [0.5, 0.6) is 0 Å². The van der Waals surface area contributed by atoms with Gasteiger partial charge in [-0.25, -0.2) is 4.39 Å². The molecule has 0 atom stereocenters. The molecule has 1 rings (SSSR count). The zero-order valence-corrected chi connectivity index (χ0v) is 12.5. The highest BCUT2D eigenvalue weighted by atomic mass is 19.1. The predicted molar refractivity (Wildman–Crippen MR) is 78.4 cm³/mol. The summed E-state index contributed by atoms with van der Waals surface area (Å²) < 4.78 is 12.8. The molecule has 1 N–H and O–H groups in total. The van der Waals surface area contributed by atoms with Gasteiger partial charge in [-0.15, -0.1) is 0 Å². The average molecular weight is 295 g/mol. The van der Waals surface area contributed by atoms with Crippen molar-refractivity contribution in [2.45, 2.75) is 33.1 Å². The Morgan fingerprint density at radius 2 is 1.81 bits per heavy atom. The third kappa shape index (κ3) is 6.88. The van der Waals surface area contributed by atoms with Crippen LogP contribution in [0, 0.1) is 11.7 Å². The molecule has 0 aliphatic heterocycles. The number of rotatable bonds is 8. The minimum Gasteiger partial charge on any atom is -0.481 e. The van der Waals surface area contributed by atoms with Gasteiger partial charge in [0.05, 0.1) is 12.8 Å². The third-order valence-corrected chi connectivity index (χ3v) is 3.19. The monoisotopic (exact) mass is 295 g/mol. The molecule has 1 amide bonds. The van der Waals surface area contributed by atoms with Crippen molar-refractivity contribution in [3.63, 3.8) is 0 Å². The van der Waals surface area contributed by atoms with Gasteiger partial charge in [0.2, 0.25) is 5.91 Å². The summed E-state index contributed by atoms with van der Waals surface area (Å²) in [6.07, 6.45) is 0.931. The van der Waals surface area contributed by atoms with Crippen molar-refractivity contribution in [1.29, 1.82) is 0 Å². The van der Waals surface area contributed by atoms with Crippen LogP contribution in [0.25, 0.3) is 0 Å². The van der Waals surface area contributed by atoms with Gasteiger partial charge in [-0.2, -0.15) is 0 Å². The number of aliphatic carboxylic acids is 1. The van der Waals surface area contributed by atoms with E-state index in [4.69, 9.17) is 5.11 Å². The average Bonchev–Trinajstić information content (AvgIpc) is 2.40. The van der Waals surface area contributed by atoms with E-state index in [1.165, 1.54) is 12.1 Å². The first kappa shape index (κ1) is 17.1. The van der Waals surface area contributed by atoms with Crippen molar-refractivity contribution in [3.8, 4) is 0 Å². The normalized spacial score (nSPS) is 10.7. The summed E-state index contributed by atoms with van der Waals surface area (Å²) in [6, 6.07) is 5.78. The Bertz CT molecular complexity index is 471.